The average Bonchev–Trinajstić information content (AvgIpc) is 2.73. The first-order valence-electron chi connectivity index (χ1n) is 9.36. The molecule has 1 rings (SSSR count). The van der Waals surface area contributed by atoms with Crippen molar-refractivity contribution in [3.05, 3.63) is 35.9 Å². The molecule has 35 heavy (non-hydrogen) atoms. The van der Waals surface area contributed by atoms with E-state index in [1.165, 1.54) is 30.3 Å². The van der Waals surface area contributed by atoms with E-state index in [1.807, 2.05) is 5.32 Å². The Hall–Kier alpha value is -4.63. The van der Waals surface area contributed by atoms with E-state index in [0.717, 1.165) is 6.08 Å². The smallest absolute Gasteiger partial charge is 0.481 e. The molecule has 0 saturated carbocycles. The maximum absolute atomic E-state index is 12.3. The molecule has 0 unspecified atom stereocenters. The summed E-state index contributed by atoms with van der Waals surface area (Å²) in [7, 11) is 0. The Bertz CT molecular complexity index is 1020. The minimum atomic E-state index is -5.40. The van der Waals surface area contributed by atoms with Crippen LogP contribution in [0.1, 0.15) is 12.0 Å². The van der Waals surface area contributed by atoms with Gasteiger partial charge in [-0.15, -0.1) is 0 Å². The van der Waals surface area contributed by atoms with Crippen molar-refractivity contribution >= 4 is 47.4 Å². The molecule has 0 aromatic heterocycles. The van der Waals surface area contributed by atoms with E-state index in [9.17, 15) is 37.1 Å². The van der Waals surface area contributed by atoms with Crippen LogP contribution < -0.4 is 22.1 Å². The van der Waals surface area contributed by atoms with E-state index in [-0.39, 0.29) is 5.96 Å². The van der Waals surface area contributed by atoms with E-state index < -0.39 is 61.0 Å². The molecule has 8 N–H and O–H groups in total. The van der Waals surface area contributed by atoms with Gasteiger partial charge in [-0.05, 0) is 23.8 Å². The summed E-state index contributed by atoms with van der Waals surface area (Å²) in [4.78, 5) is 61.2. The first-order chi connectivity index (χ1) is 16.2. The van der Waals surface area contributed by atoms with E-state index in [2.05, 4.69) is 9.73 Å². The van der Waals surface area contributed by atoms with Crippen molar-refractivity contribution in [3.63, 3.8) is 0 Å². The molecule has 0 spiro atoms. The van der Waals surface area contributed by atoms with Gasteiger partial charge in [-0.25, -0.2) is 14.6 Å². The Morgan fingerprint density at radius 2 is 1.63 bits per heavy atom. The number of nitrogens with zero attached hydrogens (tertiary/aromatic N) is 1. The lowest BCUT2D eigenvalue weighted by Crippen LogP contribution is -2.53. The van der Waals surface area contributed by atoms with E-state index in [1.54, 1.807) is 5.32 Å². The number of aliphatic imine (C=N–C) groups is 1. The molecule has 13 nitrogen and oxygen atoms in total. The number of ether oxygens (including phenoxy) is 1. The monoisotopic (exact) mass is 503 g/mol. The minimum absolute atomic E-state index is 0.168. The van der Waals surface area contributed by atoms with Crippen molar-refractivity contribution < 1.29 is 52.1 Å². The van der Waals surface area contributed by atoms with Crippen molar-refractivity contribution in [2.45, 2.75) is 24.7 Å². The summed E-state index contributed by atoms with van der Waals surface area (Å²) in [5.74, 6) is -8.59. The molecule has 0 aliphatic carbocycles. The number of esters is 1. The Kier molecular flexibility index (Phi) is 10.2. The summed E-state index contributed by atoms with van der Waals surface area (Å²) >= 11 is 0. The molecule has 2 amide bonds. The molecule has 0 fully saturated rings. The van der Waals surface area contributed by atoms with E-state index >= 15 is 0 Å². The third kappa shape index (κ3) is 10.7. The zero-order chi connectivity index (χ0) is 26.8. The highest BCUT2D eigenvalue weighted by atomic mass is 19.4. The highest BCUT2D eigenvalue weighted by Crippen LogP contribution is 2.16. The van der Waals surface area contributed by atoms with Crippen LogP contribution in [0, 0.1) is 0 Å². The molecule has 190 valence electrons. The molecular weight excluding hydrogens is 483 g/mol. The van der Waals surface area contributed by atoms with Crippen LogP contribution >= 0.6 is 0 Å². The van der Waals surface area contributed by atoms with E-state index in [0.29, 0.717) is 11.3 Å². The summed E-state index contributed by atoms with van der Waals surface area (Å²) in [5, 5.41) is 21.7. The quantitative estimate of drug-likeness (QED) is 0.0958. The fourth-order valence-corrected chi connectivity index (χ4v) is 2.27. The van der Waals surface area contributed by atoms with Crippen molar-refractivity contribution in [1.29, 1.82) is 0 Å². The maximum atomic E-state index is 12.3. The van der Waals surface area contributed by atoms with Gasteiger partial charge in [0.25, 0.3) is 0 Å². The van der Waals surface area contributed by atoms with Gasteiger partial charge in [-0.2, -0.15) is 13.2 Å². The number of halogens is 3. The zero-order valence-corrected chi connectivity index (χ0v) is 17.6. The Morgan fingerprint density at radius 3 is 2.11 bits per heavy atom. The van der Waals surface area contributed by atoms with Gasteiger partial charge in [0, 0.05) is 6.08 Å². The fraction of sp³-hybridized carbons (Fsp3) is 0.263. The summed E-state index contributed by atoms with van der Waals surface area (Å²) in [6, 6.07) is 2.15. The van der Waals surface area contributed by atoms with Crippen LogP contribution in [0.25, 0.3) is 6.08 Å². The number of nitrogens with two attached hydrogens (primary N) is 2. The van der Waals surface area contributed by atoms with Crippen LogP contribution in [0.5, 0.6) is 0 Å². The molecule has 0 bridgehead atoms. The molecule has 2 atom stereocenters. The van der Waals surface area contributed by atoms with Crippen LogP contribution in [0.3, 0.4) is 0 Å². The lowest BCUT2D eigenvalue weighted by molar-refractivity contribution is -0.200. The predicted octanol–water partition coefficient (Wildman–Crippen LogP) is -0.761. The lowest BCUT2D eigenvalue weighted by atomic mass is 10.1. The first-order valence-corrected chi connectivity index (χ1v) is 9.36. The van der Waals surface area contributed by atoms with Gasteiger partial charge in [-0.3, -0.25) is 14.4 Å². The van der Waals surface area contributed by atoms with Gasteiger partial charge < -0.3 is 37.1 Å². The van der Waals surface area contributed by atoms with Crippen LogP contribution in [0.4, 0.5) is 18.9 Å². The Labute approximate surface area is 194 Å². The van der Waals surface area contributed by atoms with Crippen molar-refractivity contribution in [3.8, 4) is 0 Å². The third-order valence-corrected chi connectivity index (χ3v) is 3.82. The number of amides is 2. The standard InChI is InChI=1S/C19H20F3N5O8/c20-19(21,22)17(34)35-8-12(16(32)33)27-15(31)11(7-14(29)30)26-13(28)6-3-9-1-4-10(5-2-9)25-18(23)24/h1-6,11-12H,7-8H2,(H,26,28)(H,27,31)(H,29,30)(H,32,33)(H4,23,24,25)/t11-,12-/m0/s1. The second kappa shape index (κ2) is 12.6. The second-order valence-corrected chi connectivity index (χ2v) is 6.62. The molecule has 0 aliphatic rings. The fourth-order valence-electron chi connectivity index (χ4n) is 2.27. The third-order valence-electron chi connectivity index (χ3n) is 3.82. The lowest BCUT2D eigenvalue weighted by Gasteiger charge is -2.20. The highest BCUT2D eigenvalue weighted by molar-refractivity contribution is 5.97. The molecule has 0 heterocycles. The number of rotatable bonds is 11. The van der Waals surface area contributed by atoms with Crippen molar-refractivity contribution in [1.82, 2.24) is 10.6 Å². The second-order valence-electron chi connectivity index (χ2n) is 6.62. The van der Waals surface area contributed by atoms with Gasteiger partial charge in [0.05, 0.1) is 12.1 Å². The van der Waals surface area contributed by atoms with Gasteiger partial charge in [0.1, 0.15) is 12.6 Å². The van der Waals surface area contributed by atoms with Gasteiger partial charge >= 0.3 is 24.1 Å². The Morgan fingerprint density at radius 1 is 1.03 bits per heavy atom. The number of carbonyl (C=O) groups is 5. The van der Waals surface area contributed by atoms with Crippen molar-refractivity contribution in [2.75, 3.05) is 6.61 Å². The zero-order valence-electron chi connectivity index (χ0n) is 17.6. The highest BCUT2D eigenvalue weighted by Gasteiger charge is 2.42. The van der Waals surface area contributed by atoms with Crippen LogP contribution in [-0.4, -0.2) is 70.8 Å². The molecule has 0 aliphatic heterocycles. The number of alkyl halides is 3. The largest absolute Gasteiger partial charge is 0.490 e. The minimum Gasteiger partial charge on any atom is -0.481 e. The normalized spacial score (nSPS) is 12.8. The van der Waals surface area contributed by atoms with E-state index in [4.69, 9.17) is 21.7 Å². The average molecular weight is 503 g/mol. The first kappa shape index (κ1) is 28.4. The number of carbonyl (C=O) groups excluding carboxylic acids is 3. The van der Waals surface area contributed by atoms with Gasteiger partial charge in [-0.1, -0.05) is 12.1 Å². The summed E-state index contributed by atoms with van der Waals surface area (Å²) in [5.41, 5.74) is 11.4. The van der Waals surface area contributed by atoms with Crippen LogP contribution in [0.2, 0.25) is 0 Å². The topological polar surface area (TPSA) is 223 Å². The molecule has 0 saturated heterocycles. The summed E-state index contributed by atoms with van der Waals surface area (Å²) < 4.78 is 40.4. The SMILES string of the molecule is NC(N)=Nc1ccc(C=CC(=O)N[C@@H](CC(=O)O)C(=O)N[C@@H](COC(=O)C(F)(F)F)C(=O)O)cc1. The Balaban J connectivity index is 2.85. The molecular formula is C19H20F3N5O8. The van der Waals surface area contributed by atoms with Crippen molar-refractivity contribution in [2.24, 2.45) is 16.5 Å². The number of hydrogen-bond donors (Lipinski definition) is 6. The molecule has 1 aromatic rings. The number of carboxylic acid groups (broad SMARTS) is 2. The number of nitrogens with one attached hydrogen (secondary N) is 2. The van der Waals surface area contributed by atoms with Crippen LogP contribution in [-0.2, 0) is 28.7 Å². The number of hydrogen-bond acceptors (Lipinski definition) is 7. The maximum Gasteiger partial charge on any atom is 0.490 e. The molecule has 0 radical (unpaired) electrons. The number of carboxylic acids is 2. The number of aliphatic carboxylic acids is 2. The number of benzene rings is 1. The van der Waals surface area contributed by atoms with Gasteiger partial charge in [0.2, 0.25) is 11.8 Å². The van der Waals surface area contributed by atoms with Crippen LogP contribution in [0.15, 0.2) is 35.3 Å². The number of guanidine groups is 1. The van der Waals surface area contributed by atoms with Gasteiger partial charge in [0.15, 0.2) is 12.0 Å². The summed E-state index contributed by atoms with van der Waals surface area (Å²) in [6.07, 6.45) is -4.16. The molecule has 16 heteroatoms. The summed E-state index contributed by atoms with van der Waals surface area (Å²) in [6.45, 7) is -1.40. The molecule has 1 aromatic carbocycles. The predicted molar refractivity (Wildman–Crippen MR) is 112 cm³/mol.